The second kappa shape index (κ2) is 12.6. The molecule has 0 aromatic heterocycles. The number of alkyl halides is 3. The standard InChI is InChI=1S/C29H29F3N2O5/c1-36-25-17-22(18-26(19-25)37-2)8-7-21-9-11-24(12-10-21)38-28(35)34-15-13-33(14-16-34)20-23-5-3-4-6-27(23)39-29(30,31)32/h3-12,17-19H,13-16,20H2,1-2H3/b8-7+. The molecule has 1 amide bonds. The molecule has 0 saturated carbocycles. The fraction of sp³-hybridized carbons (Fsp3) is 0.276. The predicted octanol–water partition coefficient (Wildman–Crippen LogP) is 6.09. The zero-order valence-electron chi connectivity index (χ0n) is 21.6. The van der Waals surface area contributed by atoms with Crippen LogP contribution in [0.25, 0.3) is 12.2 Å². The van der Waals surface area contributed by atoms with Crippen molar-refractivity contribution in [1.29, 1.82) is 0 Å². The lowest BCUT2D eigenvalue weighted by molar-refractivity contribution is -0.275. The van der Waals surface area contributed by atoms with Gasteiger partial charge in [-0.3, -0.25) is 4.90 Å². The van der Waals surface area contributed by atoms with Crippen LogP contribution in [0, 0.1) is 0 Å². The van der Waals surface area contributed by atoms with Gasteiger partial charge in [-0.05, 0) is 41.5 Å². The molecule has 0 atom stereocenters. The van der Waals surface area contributed by atoms with E-state index in [0.717, 1.165) is 11.1 Å². The summed E-state index contributed by atoms with van der Waals surface area (Å²) in [5, 5.41) is 0. The molecule has 206 valence electrons. The molecule has 0 radical (unpaired) electrons. The molecule has 1 aliphatic heterocycles. The molecule has 0 spiro atoms. The number of ether oxygens (including phenoxy) is 4. The molecule has 7 nitrogen and oxygen atoms in total. The topological polar surface area (TPSA) is 60.5 Å². The number of rotatable bonds is 8. The zero-order chi connectivity index (χ0) is 27.8. The number of para-hydroxylation sites is 1. The molecule has 10 heteroatoms. The number of halogens is 3. The van der Waals surface area contributed by atoms with E-state index in [0.29, 0.717) is 49.0 Å². The Labute approximate surface area is 224 Å². The number of piperazine rings is 1. The number of amides is 1. The van der Waals surface area contributed by atoms with E-state index in [9.17, 15) is 18.0 Å². The van der Waals surface area contributed by atoms with Gasteiger partial charge in [0.1, 0.15) is 23.0 Å². The summed E-state index contributed by atoms with van der Waals surface area (Å²) in [6.45, 7) is 2.06. The monoisotopic (exact) mass is 542 g/mol. The van der Waals surface area contributed by atoms with E-state index in [2.05, 4.69) is 4.74 Å². The van der Waals surface area contributed by atoms with E-state index in [-0.39, 0.29) is 12.3 Å². The van der Waals surface area contributed by atoms with Crippen molar-refractivity contribution in [2.24, 2.45) is 0 Å². The molecule has 0 aliphatic carbocycles. The van der Waals surface area contributed by atoms with Crippen molar-refractivity contribution in [3.05, 3.63) is 83.4 Å². The van der Waals surface area contributed by atoms with Crippen LogP contribution in [0.2, 0.25) is 0 Å². The number of carbonyl (C=O) groups excluding carboxylic acids is 1. The van der Waals surface area contributed by atoms with E-state index in [4.69, 9.17) is 14.2 Å². The van der Waals surface area contributed by atoms with Gasteiger partial charge in [-0.2, -0.15) is 0 Å². The van der Waals surface area contributed by atoms with Crippen molar-refractivity contribution in [1.82, 2.24) is 9.80 Å². The van der Waals surface area contributed by atoms with Gasteiger partial charge in [-0.1, -0.05) is 42.5 Å². The molecular formula is C29H29F3N2O5. The fourth-order valence-corrected chi connectivity index (χ4v) is 4.12. The third-order valence-electron chi connectivity index (χ3n) is 6.15. The molecule has 0 unspecified atom stereocenters. The first-order valence-corrected chi connectivity index (χ1v) is 12.3. The minimum atomic E-state index is -4.75. The number of methoxy groups -OCH3 is 2. The highest BCUT2D eigenvalue weighted by Crippen LogP contribution is 2.28. The largest absolute Gasteiger partial charge is 0.573 e. The Morgan fingerprint density at radius 1 is 0.821 bits per heavy atom. The number of carbonyl (C=O) groups is 1. The van der Waals surface area contributed by atoms with Crippen molar-refractivity contribution < 1.29 is 36.9 Å². The first-order chi connectivity index (χ1) is 18.7. The fourth-order valence-electron chi connectivity index (χ4n) is 4.12. The first kappa shape index (κ1) is 27.8. The van der Waals surface area contributed by atoms with Crippen LogP contribution in [0.4, 0.5) is 18.0 Å². The number of nitrogens with zero attached hydrogens (tertiary/aromatic N) is 2. The van der Waals surface area contributed by atoms with Crippen LogP contribution in [0.15, 0.2) is 66.7 Å². The van der Waals surface area contributed by atoms with E-state index >= 15 is 0 Å². The van der Waals surface area contributed by atoms with Gasteiger partial charge in [0.25, 0.3) is 0 Å². The molecule has 4 rings (SSSR count). The van der Waals surface area contributed by atoms with E-state index < -0.39 is 12.5 Å². The van der Waals surface area contributed by atoms with Gasteiger partial charge in [0.05, 0.1) is 14.2 Å². The normalized spacial score (nSPS) is 14.3. The van der Waals surface area contributed by atoms with Crippen LogP contribution >= 0.6 is 0 Å². The van der Waals surface area contributed by atoms with Gasteiger partial charge in [-0.25, -0.2) is 4.79 Å². The van der Waals surface area contributed by atoms with Gasteiger partial charge in [0, 0.05) is 44.4 Å². The van der Waals surface area contributed by atoms with Gasteiger partial charge >= 0.3 is 12.5 Å². The van der Waals surface area contributed by atoms with Crippen LogP contribution in [0.3, 0.4) is 0 Å². The average molecular weight is 543 g/mol. The predicted molar refractivity (Wildman–Crippen MR) is 141 cm³/mol. The maximum absolute atomic E-state index is 12.7. The average Bonchev–Trinajstić information content (AvgIpc) is 2.93. The van der Waals surface area contributed by atoms with Gasteiger partial charge in [-0.15, -0.1) is 13.2 Å². The Balaban J connectivity index is 1.28. The Kier molecular flexibility index (Phi) is 8.98. The van der Waals surface area contributed by atoms with E-state index in [1.165, 1.54) is 12.1 Å². The van der Waals surface area contributed by atoms with Crippen molar-refractivity contribution in [2.45, 2.75) is 12.9 Å². The van der Waals surface area contributed by atoms with E-state index in [1.54, 1.807) is 49.5 Å². The smallest absolute Gasteiger partial charge is 0.497 e. The minimum Gasteiger partial charge on any atom is -0.497 e. The van der Waals surface area contributed by atoms with Crippen molar-refractivity contribution in [2.75, 3.05) is 40.4 Å². The van der Waals surface area contributed by atoms with Gasteiger partial charge in [0.15, 0.2) is 0 Å². The van der Waals surface area contributed by atoms with E-state index in [1.807, 2.05) is 41.3 Å². The van der Waals surface area contributed by atoms with Crippen LogP contribution in [-0.2, 0) is 6.54 Å². The highest BCUT2D eigenvalue weighted by Gasteiger charge is 2.32. The molecule has 0 bridgehead atoms. The first-order valence-electron chi connectivity index (χ1n) is 12.3. The molecule has 0 N–H and O–H groups in total. The van der Waals surface area contributed by atoms with Crippen LogP contribution in [-0.4, -0.2) is 62.7 Å². The van der Waals surface area contributed by atoms with Gasteiger partial charge < -0.3 is 23.8 Å². The Morgan fingerprint density at radius 3 is 2.05 bits per heavy atom. The highest BCUT2D eigenvalue weighted by molar-refractivity contribution is 5.73. The lowest BCUT2D eigenvalue weighted by atomic mass is 10.1. The Bertz CT molecular complexity index is 1260. The lowest BCUT2D eigenvalue weighted by Gasteiger charge is -2.34. The van der Waals surface area contributed by atoms with Gasteiger partial charge in [0.2, 0.25) is 0 Å². The molecule has 1 saturated heterocycles. The lowest BCUT2D eigenvalue weighted by Crippen LogP contribution is -2.49. The summed E-state index contributed by atoms with van der Waals surface area (Å²) in [7, 11) is 3.19. The van der Waals surface area contributed by atoms with Crippen LogP contribution in [0.5, 0.6) is 23.0 Å². The summed E-state index contributed by atoms with van der Waals surface area (Å²) in [6, 6.07) is 18.8. The number of hydrogen-bond acceptors (Lipinski definition) is 6. The molecular weight excluding hydrogens is 513 g/mol. The molecule has 1 fully saturated rings. The summed E-state index contributed by atoms with van der Waals surface area (Å²) >= 11 is 0. The van der Waals surface area contributed by atoms with Crippen LogP contribution in [0.1, 0.15) is 16.7 Å². The maximum Gasteiger partial charge on any atom is 0.573 e. The number of benzene rings is 3. The molecule has 1 heterocycles. The number of hydrogen-bond donors (Lipinski definition) is 0. The van der Waals surface area contributed by atoms with Crippen molar-refractivity contribution >= 4 is 18.2 Å². The third kappa shape index (κ3) is 8.15. The molecule has 3 aromatic carbocycles. The van der Waals surface area contributed by atoms with Crippen molar-refractivity contribution in [3.8, 4) is 23.0 Å². The quantitative estimate of drug-likeness (QED) is 0.321. The molecule has 39 heavy (non-hydrogen) atoms. The zero-order valence-corrected chi connectivity index (χ0v) is 21.6. The summed E-state index contributed by atoms with van der Waals surface area (Å²) in [4.78, 5) is 16.2. The second-order valence-electron chi connectivity index (χ2n) is 8.84. The third-order valence-corrected chi connectivity index (χ3v) is 6.15. The highest BCUT2D eigenvalue weighted by atomic mass is 19.4. The summed E-state index contributed by atoms with van der Waals surface area (Å²) in [5.74, 6) is 1.59. The molecule has 3 aromatic rings. The van der Waals surface area contributed by atoms with Crippen molar-refractivity contribution in [3.63, 3.8) is 0 Å². The maximum atomic E-state index is 12.7. The SMILES string of the molecule is COc1cc(/C=C/c2ccc(OC(=O)N3CCN(Cc4ccccc4OC(F)(F)F)CC3)cc2)cc(OC)c1. The summed E-state index contributed by atoms with van der Waals surface area (Å²) in [5.41, 5.74) is 2.27. The summed E-state index contributed by atoms with van der Waals surface area (Å²) in [6.07, 6.45) is -1.37. The van der Waals surface area contributed by atoms with Crippen LogP contribution < -0.4 is 18.9 Å². The Morgan fingerprint density at radius 2 is 1.44 bits per heavy atom. The minimum absolute atomic E-state index is 0.214. The Hall–Kier alpha value is -4.18. The second-order valence-corrected chi connectivity index (χ2v) is 8.84. The summed E-state index contributed by atoms with van der Waals surface area (Å²) < 4.78 is 58.3. The molecule has 1 aliphatic rings.